The van der Waals surface area contributed by atoms with Gasteiger partial charge in [-0.05, 0) is 73.7 Å². The lowest BCUT2D eigenvalue weighted by Crippen LogP contribution is -2.50. The molecule has 2 aliphatic heterocycles. The fraction of sp³-hybridized carbons (Fsp3) is 0.364. The second kappa shape index (κ2) is 13.0. The number of rotatable bonds is 7. The highest BCUT2D eigenvalue weighted by atomic mass is 19.1. The molecule has 2 saturated heterocycles. The molecule has 1 N–H and O–H groups in total. The average Bonchev–Trinajstić information content (AvgIpc) is 3.02. The molecular weight excluding hydrogens is 519 g/mol. The van der Waals surface area contributed by atoms with E-state index in [-0.39, 0.29) is 23.6 Å². The standard InChI is InChI=1S/C33H37FN4O3/c1-2-28(24-9-5-3-6-10-24)32(40)38-21-19-36(20-22-38)30-16-15-27(35-31(39)25-11-13-26(34)14-12-25)23-29(30)33(41)37-17-7-4-8-18-37/h3,5-6,9-16,23,28H,2,4,7-8,17-22H2,1H3,(H,35,39)/t28-/m0/s1. The van der Waals surface area contributed by atoms with Gasteiger partial charge in [0.1, 0.15) is 5.82 Å². The van der Waals surface area contributed by atoms with E-state index in [0.717, 1.165) is 36.9 Å². The number of hydrogen-bond donors (Lipinski definition) is 1. The van der Waals surface area contributed by atoms with Gasteiger partial charge in [-0.1, -0.05) is 37.3 Å². The van der Waals surface area contributed by atoms with Crippen molar-refractivity contribution in [2.24, 2.45) is 0 Å². The third kappa shape index (κ3) is 6.59. The molecule has 3 aromatic carbocycles. The van der Waals surface area contributed by atoms with E-state index in [2.05, 4.69) is 10.2 Å². The van der Waals surface area contributed by atoms with Crippen LogP contribution < -0.4 is 10.2 Å². The molecule has 7 nitrogen and oxygen atoms in total. The van der Waals surface area contributed by atoms with Crippen molar-refractivity contribution >= 4 is 29.1 Å². The van der Waals surface area contributed by atoms with Gasteiger partial charge in [-0.3, -0.25) is 14.4 Å². The summed E-state index contributed by atoms with van der Waals surface area (Å²) in [6.45, 7) is 5.83. The quantitative estimate of drug-likeness (QED) is 0.415. The lowest BCUT2D eigenvalue weighted by molar-refractivity contribution is -0.133. The summed E-state index contributed by atoms with van der Waals surface area (Å²) in [6.07, 6.45) is 3.80. The van der Waals surface area contributed by atoms with E-state index in [0.29, 0.717) is 56.1 Å². The molecule has 0 spiro atoms. The molecule has 41 heavy (non-hydrogen) atoms. The van der Waals surface area contributed by atoms with E-state index in [9.17, 15) is 18.8 Å². The first-order chi connectivity index (χ1) is 19.9. The number of nitrogens with zero attached hydrogens (tertiary/aromatic N) is 3. The summed E-state index contributed by atoms with van der Waals surface area (Å²) >= 11 is 0. The van der Waals surface area contributed by atoms with Crippen LogP contribution >= 0.6 is 0 Å². The van der Waals surface area contributed by atoms with E-state index in [4.69, 9.17) is 0 Å². The van der Waals surface area contributed by atoms with Crippen molar-refractivity contribution in [2.45, 2.75) is 38.5 Å². The maximum Gasteiger partial charge on any atom is 0.256 e. The number of likely N-dealkylation sites (tertiary alicyclic amines) is 1. The molecule has 2 fully saturated rings. The number of piperazine rings is 1. The molecule has 0 radical (unpaired) electrons. The molecule has 3 aromatic rings. The number of piperidine rings is 1. The first-order valence-electron chi connectivity index (χ1n) is 14.5. The Morgan fingerprint density at radius 2 is 1.49 bits per heavy atom. The minimum Gasteiger partial charge on any atom is -0.367 e. The minimum absolute atomic E-state index is 0.0498. The third-order valence-electron chi connectivity index (χ3n) is 8.07. The minimum atomic E-state index is -0.410. The third-order valence-corrected chi connectivity index (χ3v) is 8.07. The predicted molar refractivity (Wildman–Crippen MR) is 159 cm³/mol. The first kappa shape index (κ1) is 28.3. The summed E-state index contributed by atoms with van der Waals surface area (Å²) < 4.78 is 13.3. The Balaban J connectivity index is 1.34. The zero-order chi connectivity index (χ0) is 28.8. The topological polar surface area (TPSA) is 73.0 Å². The van der Waals surface area contributed by atoms with Crippen LogP contribution in [0.15, 0.2) is 72.8 Å². The van der Waals surface area contributed by atoms with Crippen molar-refractivity contribution in [3.8, 4) is 0 Å². The summed E-state index contributed by atoms with van der Waals surface area (Å²) in [5.74, 6) is -0.853. The predicted octanol–water partition coefficient (Wildman–Crippen LogP) is 5.55. The summed E-state index contributed by atoms with van der Waals surface area (Å²) in [7, 11) is 0. The van der Waals surface area contributed by atoms with Gasteiger partial charge in [0.25, 0.3) is 11.8 Å². The van der Waals surface area contributed by atoms with Gasteiger partial charge in [-0.15, -0.1) is 0 Å². The van der Waals surface area contributed by atoms with E-state index < -0.39 is 5.82 Å². The van der Waals surface area contributed by atoms with E-state index in [1.54, 1.807) is 12.1 Å². The molecule has 0 aromatic heterocycles. The Morgan fingerprint density at radius 3 is 2.15 bits per heavy atom. The van der Waals surface area contributed by atoms with Gasteiger partial charge in [-0.25, -0.2) is 4.39 Å². The molecule has 8 heteroatoms. The monoisotopic (exact) mass is 556 g/mol. The van der Waals surface area contributed by atoms with Gasteiger partial charge in [0, 0.05) is 56.2 Å². The van der Waals surface area contributed by atoms with Crippen LogP contribution in [0.5, 0.6) is 0 Å². The normalized spacial score (nSPS) is 16.3. The van der Waals surface area contributed by atoms with Crippen LogP contribution in [0.4, 0.5) is 15.8 Å². The van der Waals surface area contributed by atoms with Gasteiger partial charge in [0.15, 0.2) is 0 Å². The molecule has 0 bridgehead atoms. The summed E-state index contributed by atoms with van der Waals surface area (Å²) in [5, 5.41) is 2.86. The number of nitrogens with one attached hydrogen (secondary N) is 1. The van der Waals surface area contributed by atoms with Gasteiger partial charge in [-0.2, -0.15) is 0 Å². The number of amides is 3. The highest BCUT2D eigenvalue weighted by Gasteiger charge is 2.30. The number of hydrogen-bond acceptors (Lipinski definition) is 4. The molecule has 0 aliphatic carbocycles. The molecule has 2 heterocycles. The lowest BCUT2D eigenvalue weighted by atomic mass is 9.94. The Labute approximate surface area is 240 Å². The van der Waals surface area contributed by atoms with Crippen molar-refractivity contribution in [3.63, 3.8) is 0 Å². The fourth-order valence-electron chi connectivity index (χ4n) is 5.76. The number of anilines is 2. The summed E-state index contributed by atoms with van der Waals surface area (Å²) in [5.41, 5.74) is 3.23. The van der Waals surface area contributed by atoms with Crippen molar-refractivity contribution < 1.29 is 18.8 Å². The SMILES string of the molecule is CC[C@H](C(=O)N1CCN(c2ccc(NC(=O)c3ccc(F)cc3)cc2C(=O)N2CCCCC2)CC1)c1ccccc1. The van der Waals surface area contributed by atoms with Crippen molar-refractivity contribution in [2.75, 3.05) is 49.5 Å². The first-order valence-corrected chi connectivity index (χ1v) is 14.5. The molecule has 5 rings (SSSR count). The van der Waals surface area contributed by atoms with Crippen molar-refractivity contribution in [1.29, 1.82) is 0 Å². The van der Waals surface area contributed by atoms with Crippen molar-refractivity contribution in [3.05, 3.63) is 95.3 Å². The van der Waals surface area contributed by atoms with Crippen LogP contribution in [0.25, 0.3) is 0 Å². The van der Waals surface area contributed by atoms with Crippen molar-refractivity contribution in [1.82, 2.24) is 9.80 Å². The summed E-state index contributed by atoms with van der Waals surface area (Å²) in [6, 6.07) is 20.7. The van der Waals surface area contributed by atoms with E-state index in [1.165, 1.54) is 24.3 Å². The van der Waals surface area contributed by atoms with Crippen LogP contribution in [-0.4, -0.2) is 66.8 Å². The molecule has 2 aliphatic rings. The van der Waals surface area contributed by atoms with Crippen LogP contribution in [-0.2, 0) is 4.79 Å². The Kier molecular flexibility index (Phi) is 8.97. The van der Waals surface area contributed by atoms with Crippen LogP contribution in [0, 0.1) is 5.82 Å². The van der Waals surface area contributed by atoms with Gasteiger partial charge in [0.2, 0.25) is 5.91 Å². The fourth-order valence-corrected chi connectivity index (χ4v) is 5.76. The summed E-state index contributed by atoms with van der Waals surface area (Å²) in [4.78, 5) is 46.0. The Hall–Kier alpha value is -4.20. The van der Waals surface area contributed by atoms with Gasteiger partial charge in [0.05, 0.1) is 11.5 Å². The number of halogens is 1. The molecule has 3 amide bonds. The maximum atomic E-state index is 13.7. The second-order valence-corrected chi connectivity index (χ2v) is 10.7. The molecule has 214 valence electrons. The number of benzene rings is 3. The smallest absolute Gasteiger partial charge is 0.256 e. The Bertz CT molecular complexity index is 1360. The highest BCUT2D eigenvalue weighted by molar-refractivity contribution is 6.06. The van der Waals surface area contributed by atoms with Crippen LogP contribution in [0.1, 0.15) is 64.8 Å². The zero-order valence-corrected chi connectivity index (χ0v) is 23.5. The van der Waals surface area contributed by atoms with Crippen LogP contribution in [0.2, 0.25) is 0 Å². The average molecular weight is 557 g/mol. The molecular formula is C33H37FN4O3. The van der Waals surface area contributed by atoms with Gasteiger partial charge >= 0.3 is 0 Å². The molecule has 1 atom stereocenters. The van der Waals surface area contributed by atoms with E-state index in [1.807, 2.05) is 53.1 Å². The maximum absolute atomic E-state index is 13.7. The highest BCUT2D eigenvalue weighted by Crippen LogP contribution is 2.29. The lowest BCUT2D eigenvalue weighted by Gasteiger charge is -2.38. The molecule has 0 unspecified atom stereocenters. The molecule has 0 saturated carbocycles. The Morgan fingerprint density at radius 1 is 0.805 bits per heavy atom. The zero-order valence-electron chi connectivity index (χ0n) is 23.5. The largest absolute Gasteiger partial charge is 0.367 e. The second-order valence-electron chi connectivity index (χ2n) is 10.7. The number of carbonyl (C=O) groups is 3. The van der Waals surface area contributed by atoms with Gasteiger partial charge < -0.3 is 20.0 Å². The number of carbonyl (C=O) groups excluding carboxylic acids is 3. The van der Waals surface area contributed by atoms with E-state index >= 15 is 0 Å². The van der Waals surface area contributed by atoms with Crippen LogP contribution in [0.3, 0.4) is 0 Å².